The summed E-state index contributed by atoms with van der Waals surface area (Å²) in [5.41, 5.74) is 0. The molecule has 0 radical (unpaired) electrons. The van der Waals surface area contributed by atoms with E-state index in [0.717, 1.165) is 19.3 Å². The van der Waals surface area contributed by atoms with Crippen LogP contribution in [0.25, 0.3) is 0 Å². The van der Waals surface area contributed by atoms with E-state index < -0.39 is 7.82 Å². The van der Waals surface area contributed by atoms with E-state index in [-0.39, 0.29) is 38.0 Å². The minimum atomic E-state index is -4.23. The topological polar surface area (TPSA) is 98.3 Å². The zero-order valence-electron chi connectivity index (χ0n) is 11.3. The molecule has 0 saturated heterocycles. The van der Waals surface area contributed by atoms with Crippen LogP contribution in [0.3, 0.4) is 0 Å². The minimum absolute atomic E-state index is 0. The fourth-order valence-corrected chi connectivity index (χ4v) is 1.43. The number of hydrogen-bond donors (Lipinski definition) is 2. The fraction of sp³-hybridized carbons (Fsp3) is 1.00. The number of rotatable bonds is 8. The Hall–Kier alpha value is 0.836. The van der Waals surface area contributed by atoms with E-state index in [0.29, 0.717) is 0 Å². The molecular formula is C8H23MgO5P. The first-order chi connectivity index (χ1) is 6.06. The van der Waals surface area contributed by atoms with E-state index in [1.54, 1.807) is 0 Å². The van der Waals surface area contributed by atoms with Crippen molar-refractivity contribution < 1.29 is 27.2 Å². The summed E-state index contributed by atoms with van der Waals surface area (Å²) < 4.78 is 14.5. The van der Waals surface area contributed by atoms with Crippen LogP contribution < -0.4 is 0 Å². The molecule has 0 rings (SSSR count). The Morgan fingerprint density at radius 2 is 1.60 bits per heavy atom. The van der Waals surface area contributed by atoms with E-state index in [2.05, 4.69) is 11.4 Å². The van der Waals surface area contributed by atoms with Crippen molar-refractivity contribution in [3.05, 3.63) is 0 Å². The molecule has 0 aliphatic carbocycles. The maximum atomic E-state index is 10.2. The summed E-state index contributed by atoms with van der Waals surface area (Å²) in [5.74, 6) is 0. The molecule has 0 spiro atoms. The van der Waals surface area contributed by atoms with Crippen LogP contribution in [0.4, 0.5) is 0 Å². The van der Waals surface area contributed by atoms with Crippen LogP contribution in [0.2, 0.25) is 0 Å². The van der Waals surface area contributed by atoms with E-state index in [1.807, 2.05) is 0 Å². The molecule has 5 nitrogen and oxygen atoms in total. The maximum Gasteiger partial charge on any atom is 2.00 e. The molecule has 0 aliphatic heterocycles. The summed E-state index contributed by atoms with van der Waals surface area (Å²) in [5, 5.41) is 0. The van der Waals surface area contributed by atoms with E-state index >= 15 is 0 Å². The summed E-state index contributed by atoms with van der Waals surface area (Å²) in [7, 11) is -4.23. The van der Waals surface area contributed by atoms with Gasteiger partial charge in [-0.2, -0.15) is 0 Å². The summed E-state index contributed by atoms with van der Waals surface area (Å²) in [6.45, 7) is 2.31. The molecule has 0 aromatic carbocycles. The van der Waals surface area contributed by atoms with Gasteiger partial charge in [-0.3, -0.25) is 4.52 Å². The van der Waals surface area contributed by atoms with Crippen LogP contribution in [-0.2, 0) is 9.09 Å². The van der Waals surface area contributed by atoms with Crippen LogP contribution in [0.1, 0.15) is 48.3 Å². The van der Waals surface area contributed by atoms with Crippen molar-refractivity contribution in [1.82, 2.24) is 0 Å². The van der Waals surface area contributed by atoms with Gasteiger partial charge < -0.3 is 18.1 Å². The molecule has 0 aromatic rings. The first-order valence-electron chi connectivity index (χ1n) is 4.76. The van der Waals surface area contributed by atoms with Crippen LogP contribution in [0, 0.1) is 0 Å². The quantitative estimate of drug-likeness (QED) is 0.389. The molecule has 0 amide bonds. The van der Waals surface area contributed by atoms with Crippen LogP contribution in [-0.4, -0.2) is 44.9 Å². The molecule has 7 heteroatoms. The van der Waals surface area contributed by atoms with Gasteiger partial charge in [-0.1, -0.05) is 39.0 Å². The van der Waals surface area contributed by atoms with Crippen molar-refractivity contribution in [2.24, 2.45) is 0 Å². The number of unbranched alkanes of at least 4 members (excludes halogenated alkanes) is 5. The van der Waals surface area contributed by atoms with Crippen molar-refractivity contribution in [3.63, 3.8) is 0 Å². The molecule has 0 saturated carbocycles. The van der Waals surface area contributed by atoms with Gasteiger partial charge in [-0.05, 0) is 6.42 Å². The smallest absolute Gasteiger partial charge is 1.00 e. The SMILES string of the molecule is CCCCCCCCOP(=O)(O)O.O.[H-].[H-].[Mg+2]. The zero-order chi connectivity index (χ0) is 10.2. The summed E-state index contributed by atoms with van der Waals surface area (Å²) in [4.78, 5) is 16.7. The number of phosphoric ester groups is 1. The summed E-state index contributed by atoms with van der Waals surface area (Å²) in [6, 6.07) is 0. The maximum absolute atomic E-state index is 10.2. The van der Waals surface area contributed by atoms with Gasteiger partial charge in [0.1, 0.15) is 0 Å². The van der Waals surface area contributed by atoms with Crippen LogP contribution >= 0.6 is 7.82 Å². The van der Waals surface area contributed by atoms with E-state index in [9.17, 15) is 4.57 Å². The average molecular weight is 255 g/mol. The molecule has 15 heavy (non-hydrogen) atoms. The third-order valence-electron chi connectivity index (χ3n) is 1.76. The Morgan fingerprint density at radius 3 is 2.07 bits per heavy atom. The van der Waals surface area contributed by atoms with Gasteiger partial charge in [0, 0.05) is 0 Å². The zero-order valence-corrected chi connectivity index (χ0v) is 11.6. The second-order valence-corrected chi connectivity index (χ2v) is 4.33. The van der Waals surface area contributed by atoms with E-state index in [4.69, 9.17) is 9.79 Å². The Balaban J connectivity index is -0.000000120. The second kappa shape index (κ2) is 12.9. The van der Waals surface area contributed by atoms with Crippen LogP contribution in [0.15, 0.2) is 0 Å². The monoisotopic (exact) mass is 254 g/mol. The van der Waals surface area contributed by atoms with Crippen molar-refractivity contribution >= 4 is 30.9 Å². The fourth-order valence-electron chi connectivity index (χ4n) is 1.07. The number of hydrogen-bond acceptors (Lipinski definition) is 2. The molecule has 0 heterocycles. The Bertz CT molecular complexity index is 170. The van der Waals surface area contributed by atoms with Gasteiger partial charge in [0.2, 0.25) is 0 Å². The van der Waals surface area contributed by atoms with Gasteiger partial charge in [0.05, 0.1) is 6.61 Å². The first-order valence-corrected chi connectivity index (χ1v) is 6.29. The largest absolute Gasteiger partial charge is 2.00 e. The van der Waals surface area contributed by atoms with Gasteiger partial charge in [0.15, 0.2) is 0 Å². The summed E-state index contributed by atoms with van der Waals surface area (Å²) in [6.07, 6.45) is 6.48. The molecule has 0 aliphatic rings. The minimum Gasteiger partial charge on any atom is -1.00 e. The molecule has 0 aromatic heterocycles. The molecule has 0 unspecified atom stereocenters. The molecule has 4 N–H and O–H groups in total. The molecular weight excluding hydrogens is 231 g/mol. The molecule has 0 atom stereocenters. The predicted octanol–water partition coefficient (Wildman–Crippen LogP) is 1.48. The first kappa shape index (κ1) is 21.2. The standard InChI is InChI=1S/C8H19O4P.Mg.H2O.2H/c1-2-3-4-5-6-7-8-12-13(9,10)11;;;;/h2-8H2,1H3,(H2,9,10,11);;1H2;;/q;+2;;2*-1. The van der Waals surface area contributed by atoms with Crippen LogP contribution in [0.5, 0.6) is 0 Å². The van der Waals surface area contributed by atoms with Gasteiger partial charge in [-0.25, -0.2) is 4.57 Å². The predicted molar refractivity (Wildman–Crippen MR) is 63.0 cm³/mol. The average Bonchev–Trinajstić information content (AvgIpc) is 2.01. The second-order valence-electron chi connectivity index (χ2n) is 3.09. The van der Waals surface area contributed by atoms with Gasteiger partial charge >= 0.3 is 30.9 Å². The van der Waals surface area contributed by atoms with Crippen molar-refractivity contribution in [3.8, 4) is 0 Å². The van der Waals surface area contributed by atoms with Crippen molar-refractivity contribution in [2.75, 3.05) is 6.61 Å². The Morgan fingerprint density at radius 1 is 1.13 bits per heavy atom. The number of phosphoric acid groups is 1. The Labute approximate surface area is 110 Å². The van der Waals surface area contributed by atoms with E-state index in [1.165, 1.54) is 19.3 Å². The van der Waals surface area contributed by atoms with Crippen molar-refractivity contribution in [2.45, 2.75) is 45.4 Å². The third kappa shape index (κ3) is 20.8. The summed E-state index contributed by atoms with van der Waals surface area (Å²) >= 11 is 0. The van der Waals surface area contributed by atoms with Gasteiger partial charge in [-0.15, -0.1) is 0 Å². The van der Waals surface area contributed by atoms with Crippen molar-refractivity contribution in [1.29, 1.82) is 0 Å². The normalized spacial score (nSPS) is 10.3. The molecule has 0 bridgehead atoms. The third-order valence-corrected chi connectivity index (χ3v) is 2.28. The van der Waals surface area contributed by atoms with Gasteiger partial charge in [0.25, 0.3) is 0 Å². The molecule has 92 valence electrons. The molecule has 0 fully saturated rings. The Kier molecular flexibility index (Phi) is 18.2.